The molecular weight excluding hydrogens is 280 g/mol. The van der Waals surface area contributed by atoms with Crippen molar-refractivity contribution >= 4 is 29.7 Å². The predicted molar refractivity (Wildman–Crippen MR) is 81.4 cm³/mol. The fourth-order valence-corrected chi connectivity index (χ4v) is 2.24. The Morgan fingerprint density at radius 3 is 2.75 bits per heavy atom. The molecule has 1 aromatic carbocycles. The maximum atomic E-state index is 11.9. The Labute approximate surface area is 125 Å². The summed E-state index contributed by atoms with van der Waals surface area (Å²) in [6.07, 6.45) is 2.45. The lowest BCUT2D eigenvalue weighted by Gasteiger charge is -2.21. The molecule has 0 radical (unpaired) electrons. The van der Waals surface area contributed by atoms with E-state index in [0.717, 1.165) is 26.1 Å². The van der Waals surface area contributed by atoms with Gasteiger partial charge in [0.2, 0.25) is 5.91 Å². The topological polar surface area (TPSA) is 73.6 Å². The third kappa shape index (κ3) is 4.58. The Bertz CT molecular complexity index is 448. The quantitative estimate of drug-likeness (QED) is 0.838. The van der Waals surface area contributed by atoms with Crippen molar-refractivity contribution in [2.75, 3.05) is 31.4 Å². The minimum Gasteiger partial charge on any atom is -0.495 e. The van der Waals surface area contributed by atoms with Crippen LogP contribution in [0.25, 0.3) is 0 Å². The van der Waals surface area contributed by atoms with Crippen molar-refractivity contribution in [2.24, 2.45) is 5.92 Å². The first-order valence-corrected chi connectivity index (χ1v) is 6.50. The molecule has 112 valence electrons. The highest BCUT2D eigenvalue weighted by Gasteiger charge is 2.17. The number of nitrogens with two attached hydrogens (primary N) is 1. The van der Waals surface area contributed by atoms with Crippen LogP contribution in [0.5, 0.6) is 5.75 Å². The minimum atomic E-state index is 0. The number of carbonyl (C=O) groups is 1. The van der Waals surface area contributed by atoms with Gasteiger partial charge in [-0.3, -0.25) is 4.79 Å². The van der Waals surface area contributed by atoms with Gasteiger partial charge in [0.25, 0.3) is 0 Å². The fraction of sp³-hybridized carbons (Fsp3) is 0.500. The molecule has 1 fully saturated rings. The largest absolute Gasteiger partial charge is 0.495 e. The zero-order chi connectivity index (χ0) is 13.7. The van der Waals surface area contributed by atoms with Crippen LogP contribution in [-0.4, -0.2) is 26.2 Å². The van der Waals surface area contributed by atoms with E-state index in [-0.39, 0.29) is 18.3 Å². The number of halogens is 1. The number of amides is 1. The zero-order valence-electron chi connectivity index (χ0n) is 11.6. The maximum absolute atomic E-state index is 11.9. The number of benzene rings is 1. The number of nitrogens with one attached hydrogen (secondary N) is 1. The highest BCUT2D eigenvalue weighted by Crippen LogP contribution is 2.25. The number of nitrogen functional groups attached to an aromatic ring is 1. The van der Waals surface area contributed by atoms with Gasteiger partial charge in [-0.05, 0) is 37.0 Å². The Balaban J connectivity index is 0.00000200. The number of hydrogen-bond acceptors (Lipinski definition) is 4. The summed E-state index contributed by atoms with van der Waals surface area (Å²) in [5, 5.41) is 2.87. The van der Waals surface area contributed by atoms with Crippen molar-refractivity contribution in [3.63, 3.8) is 0 Å². The Morgan fingerprint density at radius 2 is 2.15 bits per heavy atom. The molecule has 0 aliphatic carbocycles. The number of hydrogen-bond donors (Lipinski definition) is 2. The van der Waals surface area contributed by atoms with Crippen molar-refractivity contribution in [1.29, 1.82) is 0 Å². The highest BCUT2D eigenvalue weighted by molar-refractivity contribution is 5.91. The Hall–Kier alpha value is -1.46. The summed E-state index contributed by atoms with van der Waals surface area (Å²) in [5.41, 5.74) is 7.02. The van der Waals surface area contributed by atoms with Gasteiger partial charge in [-0.25, -0.2) is 0 Å². The first kappa shape index (κ1) is 16.6. The average Bonchev–Trinajstić information content (AvgIpc) is 2.40. The van der Waals surface area contributed by atoms with E-state index in [9.17, 15) is 4.79 Å². The van der Waals surface area contributed by atoms with Crippen LogP contribution in [0.2, 0.25) is 0 Å². The van der Waals surface area contributed by atoms with Crippen LogP contribution in [-0.2, 0) is 9.53 Å². The van der Waals surface area contributed by atoms with Crippen molar-refractivity contribution < 1.29 is 14.3 Å². The van der Waals surface area contributed by atoms with Gasteiger partial charge in [-0.1, -0.05) is 0 Å². The summed E-state index contributed by atoms with van der Waals surface area (Å²) in [6, 6.07) is 5.25. The molecule has 1 heterocycles. The van der Waals surface area contributed by atoms with Crippen LogP contribution in [0.4, 0.5) is 11.4 Å². The van der Waals surface area contributed by atoms with Gasteiger partial charge in [0.05, 0.1) is 12.8 Å². The van der Waals surface area contributed by atoms with Gasteiger partial charge < -0.3 is 20.5 Å². The van der Waals surface area contributed by atoms with Gasteiger partial charge in [-0.15, -0.1) is 12.4 Å². The Kier molecular flexibility index (Phi) is 6.61. The lowest BCUT2D eigenvalue weighted by atomic mass is 9.96. The smallest absolute Gasteiger partial charge is 0.224 e. The van der Waals surface area contributed by atoms with Crippen LogP contribution in [0.1, 0.15) is 19.3 Å². The molecule has 2 rings (SSSR count). The van der Waals surface area contributed by atoms with E-state index in [1.807, 2.05) is 0 Å². The van der Waals surface area contributed by atoms with E-state index in [0.29, 0.717) is 29.5 Å². The SMILES string of the molecule is COc1ccc(NC(=O)CC2CCOCC2)cc1N.Cl. The highest BCUT2D eigenvalue weighted by atomic mass is 35.5. The van der Waals surface area contributed by atoms with E-state index in [4.69, 9.17) is 15.2 Å². The standard InChI is InChI=1S/C14H20N2O3.ClH/c1-18-13-3-2-11(9-12(13)15)16-14(17)8-10-4-6-19-7-5-10;/h2-3,9-10H,4-8,15H2,1H3,(H,16,17);1H. The molecule has 1 aliphatic rings. The second kappa shape index (κ2) is 7.97. The molecule has 0 saturated carbocycles. The molecule has 1 saturated heterocycles. The summed E-state index contributed by atoms with van der Waals surface area (Å²) >= 11 is 0. The molecular formula is C14H21ClN2O3. The minimum absolute atomic E-state index is 0. The van der Waals surface area contributed by atoms with Gasteiger partial charge >= 0.3 is 0 Å². The fourth-order valence-electron chi connectivity index (χ4n) is 2.24. The summed E-state index contributed by atoms with van der Waals surface area (Å²) in [6.45, 7) is 1.51. The summed E-state index contributed by atoms with van der Waals surface area (Å²) in [7, 11) is 1.56. The number of methoxy groups -OCH3 is 1. The second-order valence-electron chi connectivity index (χ2n) is 4.76. The third-order valence-electron chi connectivity index (χ3n) is 3.33. The summed E-state index contributed by atoms with van der Waals surface area (Å²) < 4.78 is 10.4. The van der Waals surface area contributed by atoms with Gasteiger partial charge in [-0.2, -0.15) is 0 Å². The lowest BCUT2D eigenvalue weighted by molar-refractivity contribution is -0.117. The molecule has 0 aromatic heterocycles. The molecule has 6 heteroatoms. The molecule has 1 aliphatic heterocycles. The van der Waals surface area contributed by atoms with Gasteiger partial charge in [0, 0.05) is 25.3 Å². The van der Waals surface area contributed by atoms with Crippen molar-refractivity contribution in [3.8, 4) is 5.75 Å². The molecule has 0 spiro atoms. The number of anilines is 2. The predicted octanol–water partition coefficient (Wildman–Crippen LogP) is 2.45. The lowest BCUT2D eigenvalue weighted by Crippen LogP contribution is -2.22. The molecule has 1 aromatic rings. The third-order valence-corrected chi connectivity index (χ3v) is 3.33. The molecule has 0 bridgehead atoms. The number of rotatable bonds is 4. The molecule has 3 N–H and O–H groups in total. The van der Waals surface area contributed by atoms with Crippen LogP contribution in [0.3, 0.4) is 0 Å². The molecule has 5 nitrogen and oxygen atoms in total. The van der Waals surface area contributed by atoms with E-state index < -0.39 is 0 Å². The summed E-state index contributed by atoms with van der Waals surface area (Å²) in [5.74, 6) is 1.06. The van der Waals surface area contributed by atoms with E-state index in [1.165, 1.54) is 0 Å². The van der Waals surface area contributed by atoms with Crippen LogP contribution in [0, 0.1) is 5.92 Å². The Morgan fingerprint density at radius 1 is 1.45 bits per heavy atom. The number of ether oxygens (including phenoxy) is 2. The first-order chi connectivity index (χ1) is 9.19. The second-order valence-corrected chi connectivity index (χ2v) is 4.76. The van der Waals surface area contributed by atoms with Gasteiger partial charge in [0.1, 0.15) is 5.75 Å². The van der Waals surface area contributed by atoms with Crippen molar-refractivity contribution in [2.45, 2.75) is 19.3 Å². The normalized spacial score (nSPS) is 15.2. The van der Waals surface area contributed by atoms with Crippen molar-refractivity contribution in [1.82, 2.24) is 0 Å². The maximum Gasteiger partial charge on any atom is 0.224 e. The van der Waals surface area contributed by atoms with Crippen LogP contribution < -0.4 is 15.8 Å². The van der Waals surface area contributed by atoms with Crippen molar-refractivity contribution in [3.05, 3.63) is 18.2 Å². The summed E-state index contributed by atoms with van der Waals surface area (Å²) in [4.78, 5) is 11.9. The van der Waals surface area contributed by atoms with Gasteiger partial charge in [0.15, 0.2) is 0 Å². The van der Waals surface area contributed by atoms with E-state index in [1.54, 1.807) is 25.3 Å². The molecule has 1 amide bonds. The van der Waals surface area contributed by atoms with Crippen LogP contribution >= 0.6 is 12.4 Å². The first-order valence-electron chi connectivity index (χ1n) is 6.50. The number of carbonyl (C=O) groups excluding carboxylic acids is 1. The van der Waals surface area contributed by atoms with E-state index in [2.05, 4.69) is 5.32 Å². The monoisotopic (exact) mass is 300 g/mol. The van der Waals surface area contributed by atoms with Crippen LogP contribution in [0.15, 0.2) is 18.2 Å². The molecule has 20 heavy (non-hydrogen) atoms. The molecule has 0 atom stereocenters. The van der Waals surface area contributed by atoms with E-state index >= 15 is 0 Å². The zero-order valence-corrected chi connectivity index (χ0v) is 12.4. The molecule has 0 unspecified atom stereocenters. The average molecular weight is 301 g/mol.